The lowest BCUT2D eigenvalue weighted by Gasteiger charge is -2.06. The number of halogens is 1. The van der Waals surface area contributed by atoms with Crippen molar-refractivity contribution < 1.29 is 9.47 Å². The quantitative estimate of drug-likeness (QED) is 0.824. The zero-order valence-electron chi connectivity index (χ0n) is 10.4. The van der Waals surface area contributed by atoms with Crippen LogP contribution in [0.3, 0.4) is 0 Å². The van der Waals surface area contributed by atoms with Crippen LogP contribution in [-0.4, -0.2) is 29.2 Å². The van der Waals surface area contributed by atoms with E-state index < -0.39 is 0 Å². The Labute approximate surface area is 123 Å². The van der Waals surface area contributed by atoms with Crippen molar-refractivity contribution in [1.29, 1.82) is 0 Å². The van der Waals surface area contributed by atoms with Crippen molar-refractivity contribution in [3.8, 4) is 17.3 Å². The summed E-state index contributed by atoms with van der Waals surface area (Å²) in [5, 5.41) is 0. The van der Waals surface area contributed by atoms with Gasteiger partial charge in [-0.3, -0.25) is 4.79 Å². The monoisotopic (exact) mass is 373 g/mol. The minimum atomic E-state index is -0.187. The molecule has 19 heavy (non-hydrogen) atoms. The van der Waals surface area contributed by atoms with E-state index in [1.165, 1.54) is 0 Å². The van der Waals surface area contributed by atoms with Crippen molar-refractivity contribution in [1.82, 2.24) is 15.0 Å². The lowest BCUT2D eigenvalue weighted by atomic mass is 10.2. The van der Waals surface area contributed by atoms with Crippen LogP contribution in [0.4, 0.5) is 0 Å². The first-order chi connectivity index (χ1) is 9.15. The van der Waals surface area contributed by atoms with Crippen LogP contribution in [0.25, 0.3) is 11.4 Å². The summed E-state index contributed by atoms with van der Waals surface area (Å²) in [5.41, 5.74) is 1.14. The van der Waals surface area contributed by atoms with Gasteiger partial charge in [0.15, 0.2) is 0 Å². The van der Waals surface area contributed by atoms with Crippen LogP contribution in [0, 0.1) is 3.57 Å². The zero-order valence-corrected chi connectivity index (χ0v) is 12.6. The van der Waals surface area contributed by atoms with E-state index in [2.05, 4.69) is 15.0 Å². The van der Waals surface area contributed by atoms with Crippen molar-refractivity contribution in [2.75, 3.05) is 14.2 Å². The van der Waals surface area contributed by atoms with Gasteiger partial charge in [-0.15, -0.1) is 0 Å². The molecule has 0 aromatic carbocycles. The third-order valence-corrected chi connectivity index (χ3v) is 3.54. The predicted molar refractivity (Wildman–Crippen MR) is 78.1 cm³/mol. The molecule has 0 aliphatic heterocycles. The molecule has 1 N–H and O–H groups in total. The highest BCUT2D eigenvalue weighted by Crippen LogP contribution is 2.17. The van der Waals surface area contributed by atoms with E-state index in [4.69, 9.17) is 9.47 Å². The summed E-state index contributed by atoms with van der Waals surface area (Å²) >= 11 is 1.95. The molecule has 2 aromatic heterocycles. The maximum absolute atomic E-state index is 11.8. The summed E-state index contributed by atoms with van der Waals surface area (Å²) in [6, 6.07) is 3.50. The van der Waals surface area contributed by atoms with Crippen LogP contribution < -0.4 is 10.3 Å². The van der Waals surface area contributed by atoms with Crippen LogP contribution in [-0.2, 0) is 11.3 Å². The molecule has 0 radical (unpaired) electrons. The van der Waals surface area contributed by atoms with Crippen LogP contribution in [0.2, 0.25) is 0 Å². The standard InChI is InChI=1S/C12H12IN3O3/c1-18-6-8-10(13)12(17)16-11(15-8)7-3-4-9(19-2)14-5-7/h3-5H,6H2,1-2H3,(H,15,16,17). The van der Waals surface area contributed by atoms with E-state index >= 15 is 0 Å². The van der Waals surface area contributed by atoms with Gasteiger partial charge >= 0.3 is 0 Å². The summed E-state index contributed by atoms with van der Waals surface area (Å²) in [6.45, 7) is 0.290. The molecular formula is C12H12IN3O3. The fourth-order valence-electron chi connectivity index (χ4n) is 1.52. The van der Waals surface area contributed by atoms with Crippen molar-refractivity contribution in [3.05, 3.63) is 37.9 Å². The van der Waals surface area contributed by atoms with Crippen molar-refractivity contribution in [2.24, 2.45) is 0 Å². The Morgan fingerprint density at radius 2 is 2.16 bits per heavy atom. The average molecular weight is 373 g/mol. The summed E-state index contributed by atoms with van der Waals surface area (Å²) in [4.78, 5) is 23.0. The highest BCUT2D eigenvalue weighted by molar-refractivity contribution is 14.1. The van der Waals surface area contributed by atoms with Crippen molar-refractivity contribution in [2.45, 2.75) is 6.61 Å². The SMILES string of the molecule is COCc1nc(-c2ccc(OC)nc2)[nH]c(=O)c1I. The zero-order chi connectivity index (χ0) is 13.8. The number of nitrogens with one attached hydrogen (secondary N) is 1. The van der Waals surface area contributed by atoms with Crippen LogP contribution in [0.5, 0.6) is 5.88 Å². The molecule has 100 valence electrons. The largest absolute Gasteiger partial charge is 0.481 e. The lowest BCUT2D eigenvalue weighted by Crippen LogP contribution is -2.16. The van der Waals surface area contributed by atoms with Crippen LogP contribution in [0.15, 0.2) is 23.1 Å². The Morgan fingerprint density at radius 1 is 1.37 bits per heavy atom. The Balaban J connectivity index is 2.46. The molecule has 0 bridgehead atoms. The van der Waals surface area contributed by atoms with E-state index in [0.717, 1.165) is 0 Å². The average Bonchev–Trinajstić information content (AvgIpc) is 2.44. The molecule has 0 saturated carbocycles. The van der Waals surface area contributed by atoms with Gasteiger partial charge in [0, 0.05) is 24.9 Å². The second-order valence-corrected chi connectivity index (χ2v) is 4.78. The number of aromatic nitrogens is 3. The molecule has 0 atom stereocenters. The van der Waals surface area contributed by atoms with Gasteiger partial charge in [-0.25, -0.2) is 9.97 Å². The summed E-state index contributed by atoms with van der Waals surface area (Å²) in [5.74, 6) is 0.973. The topological polar surface area (TPSA) is 77.1 Å². The molecule has 0 unspecified atom stereocenters. The fourth-order valence-corrected chi connectivity index (χ4v) is 1.93. The van der Waals surface area contributed by atoms with Gasteiger partial charge in [-0.1, -0.05) is 0 Å². The second-order valence-electron chi connectivity index (χ2n) is 3.70. The number of hydrogen-bond donors (Lipinski definition) is 1. The van der Waals surface area contributed by atoms with Gasteiger partial charge in [0.2, 0.25) is 5.88 Å². The minimum absolute atomic E-state index is 0.187. The molecule has 0 aliphatic carbocycles. The summed E-state index contributed by atoms with van der Waals surface area (Å²) in [7, 11) is 3.11. The highest BCUT2D eigenvalue weighted by Gasteiger charge is 2.10. The van der Waals surface area contributed by atoms with E-state index in [0.29, 0.717) is 33.1 Å². The molecule has 7 heteroatoms. The molecule has 2 rings (SSSR count). The maximum Gasteiger partial charge on any atom is 0.264 e. The van der Waals surface area contributed by atoms with E-state index in [9.17, 15) is 4.79 Å². The Hall–Kier alpha value is -1.48. The fraction of sp³-hybridized carbons (Fsp3) is 0.250. The molecule has 2 aromatic rings. The number of hydrogen-bond acceptors (Lipinski definition) is 5. The third kappa shape index (κ3) is 3.10. The number of methoxy groups -OCH3 is 2. The number of pyridine rings is 1. The first-order valence-electron chi connectivity index (χ1n) is 5.43. The number of aromatic amines is 1. The third-order valence-electron chi connectivity index (χ3n) is 2.43. The Kier molecular flexibility index (Phi) is 4.48. The Bertz CT molecular complexity index is 625. The maximum atomic E-state index is 11.8. The number of ether oxygens (including phenoxy) is 2. The van der Waals surface area contributed by atoms with Crippen molar-refractivity contribution >= 4 is 22.6 Å². The summed E-state index contributed by atoms with van der Waals surface area (Å²) in [6.07, 6.45) is 1.60. The molecule has 0 aliphatic rings. The first kappa shape index (κ1) is 13.9. The van der Waals surface area contributed by atoms with E-state index in [1.807, 2.05) is 22.6 Å². The predicted octanol–water partition coefficient (Wildman–Crippen LogP) is 1.59. The van der Waals surface area contributed by atoms with Gasteiger partial charge in [0.25, 0.3) is 5.56 Å². The van der Waals surface area contributed by atoms with E-state index in [-0.39, 0.29) is 5.56 Å². The highest BCUT2D eigenvalue weighted by atomic mass is 127. The van der Waals surface area contributed by atoms with Gasteiger partial charge in [0.05, 0.1) is 19.4 Å². The number of rotatable bonds is 4. The molecule has 0 fully saturated rings. The first-order valence-corrected chi connectivity index (χ1v) is 6.51. The second kappa shape index (κ2) is 6.11. The van der Waals surface area contributed by atoms with Crippen LogP contribution >= 0.6 is 22.6 Å². The van der Waals surface area contributed by atoms with Gasteiger partial charge < -0.3 is 14.5 Å². The number of H-pyrrole nitrogens is 1. The van der Waals surface area contributed by atoms with Crippen LogP contribution in [0.1, 0.15) is 5.69 Å². The molecular weight excluding hydrogens is 361 g/mol. The lowest BCUT2D eigenvalue weighted by molar-refractivity contribution is 0.180. The molecule has 0 amide bonds. The van der Waals surface area contributed by atoms with Crippen molar-refractivity contribution in [3.63, 3.8) is 0 Å². The molecule has 6 nitrogen and oxygen atoms in total. The van der Waals surface area contributed by atoms with Gasteiger partial charge in [-0.05, 0) is 28.7 Å². The number of nitrogens with zero attached hydrogens (tertiary/aromatic N) is 2. The van der Waals surface area contributed by atoms with E-state index in [1.54, 1.807) is 32.5 Å². The molecule has 0 spiro atoms. The minimum Gasteiger partial charge on any atom is -0.481 e. The Morgan fingerprint density at radius 3 is 2.74 bits per heavy atom. The molecule has 2 heterocycles. The van der Waals surface area contributed by atoms with Gasteiger partial charge in [-0.2, -0.15) is 0 Å². The smallest absolute Gasteiger partial charge is 0.264 e. The normalized spacial score (nSPS) is 10.5. The van der Waals surface area contributed by atoms with Gasteiger partial charge in [0.1, 0.15) is 9.39 Å². The molecule has 0 saturated heterocycles. The summed E-state index contributed by atoms with van der Waals surface area (Å²) < 4.78 is 10.6.